The van der Waals surface area contributed by atoms with Crippen molar-refractivity contribution in [1.82, 2.24) is 4.90 Å². The molecule has 2 rings (SSSR count). The van der Waals surface area contributed by atoms with Crippen molar-refractivity contribution in [3.05, 3.63) is 59.9 Å². The van der Waals surface area contributed by atoms with Gasteiger partial charge in [-0.15, -0.1) is 0 Å². The van der Waals surface area contributed by atoms with Crippen LogP contribution in [0.25, 0.3) is 0 Å². The normalized spacial score (nSPS) is 10.1. The molecule has 28 heavy (non-hydrogen) atoms. The number of benzene rings is 2. The van der Waals surface area contributed by atoms with E-state index in [1.807, 2.05) is 19.0 Å². The molecule has 2 amide bonds. The molecule has 0 unspecified atom stereocenters. The maximum Gasteiger partial charge on any atom is 0.338 e. The fraction of sp³-hybridized carbons (Fsp3) is 0.250. The molecule has 0 radical (unpaired) electrons. The molecule has 0 aromatic heterocycles. The number of hydrogen-bond acceptors (Lipinski definition) is 5. The number of likely N-dealkylation sites (N-methyl/N-ethyl adjacent to an activating group) is 1. The van der Waals surface area contributed by atoms with E-state index in [1.54, 1.807) is 24.3 Å². The Morgan fingerprint density at radius 2 is 1.57 bits per heavy atom. The van der Waals surface area contributed by atoms with Crippen molar-refractivity contribution >= 4 is 29.2 Å². The minimum absolute atomic E-state index is 0.231. The van der Waals surface area contributed by atoms with E-state index in [0.29, 0.717) is 11.3 Å². The SMILES string of the molecule is CN(CC(=O)Nc1ccc(F)cc1)C(=O)COC(=O)c1ccc(N(C)C)cc1. The van der Waals surface area contributed by atoms with Crippen molar-refractivity contribution in [2.24, 2.45) is 0 Å². The zero-order valence-electron chi connectivity index (χ0n) is 15.9. The summed E-state index contributed by atoms with van der Waals surface area (Å²) in [6.45, 7) is -0.708. The van der Waals surface area contributed by atoms with Gasteiger partial charge in [0.1, 0.15) is 5.82 Å². The third-order valence-corrected chi connectivity index (χ3v) is 3.88. The highest BCUT2D eigenvalue weighted by Gasteiger charge is 2.16. The van der Waals surface area contributed by atoms with Crippen LogP contribution in [0.5, 0.6) is 0 Å². The highest BCUT2D eigenvalue weighted by Crippen LogP contribution is 2.13. The van der Waals surface area contributed by atoms with Gasteiger partial charge in [-0.25, -0.2) is 9.18 Å². The van der Waals surface area contributed by atoms with Crippen molar-refractivity contribution in [3.8, 4) is 0 Å². The lowest BCUT2D eigenvalue weighted by molar-refractivity contribution is -0.136. The second kappa shape index (κ2) is 9.50. The molecule has 0 heterocycles. The molecule has 0 saturated carbocycles. The zero-order valence-corrected chi connectivity index (χ0v) is 15.9. The average molecular weight is 387 g/mol. The number of amides is 2. The van der Waals surface area contributed by atoms with Gasteiger partial charge in [-0.3, -0.25) is 9.59 Å². The lowest BCUT2D eigenvalue weighted by atomic mass is 10.2. The Labute approximate surface area is 162 Å². The third kappa shape index (κ3) is 6.08. The van der Waals surface area contributed by atoms with Crippen molar-refractivity contribution < 1.29 is 23.5 Å². The lowest BCUT2D eigenvalue weighted by Crippen LogP contribution is -2.37. The average Bonchev–Trinajstić information content (AvgIpc) is 2.67. The van der Waals surface area contributed by atoms with E-state index in [4.69, 9.17) is 4.74 Å². The van der Waals surface area contributed by atoms with Crippen LogP contribution < -0.4 is 10.2 Å². The number of rotatable bonds is 7. The maximum atomic E-state index is 12.9. The van der Waals surface area contributed by atoms with E-state index >= 15 is 0 Å². The minimum atomic E-state index is -0.622. The molecular formula is C20H22FN3O4. The molecule has 8 heteroatoms. The van der Waals surface area contributed by atoms with Crippen LogP contribution in [-0.4, -0.2) is 57.0 Å². The fourth-order valence-electron chi connectivity index (χ4n) is 2.25. The van der Waals surface area contributed by atoms with Gasteiger partial charge in [0, 0.05) is 32.5 Å². The number of nitrogens with zero attached hydrogens (tertiary/aromatic N) is 2. The molecule has 0 bridgehead atoms. The Balaban J connectivity index is 1.80. The first-order chi connectivity index (χ1) is 13.3. The standard InChI is InChI=1S/C20H22FN3O4/c1-23(2)17-10-4-14(5-11-17)20(27)28-13-19(26)24(3)12-18(25)22-16-8-6-15(21)7-9-16/h4-11H,12-13H2,1-3H3,(H,22,25). The van der Waals surface area contributed by atoms with Gasteiger partial charge in [-0.2, -0.15) is 0 Å². The van der Waals surface area contributed by atoms with E-state index in [2.05, 4.69) is 5.32 Å². The molecule has 0 saturated heterocycles. The highest BCUT2D eigenvalue weighted by molar-refractivity contribution is 5.95. The number of anilines is 2. The van der Waals surface area contributed by atoms with Gasteiger partial charge in [0.2, 0.25) is 5.91 Å². The molecule has 148 valence electrons. The smallest absolute Gasteiger partial charge is 0.338 e. The van der Waals surface area contributed by atoms with Crippen LogP contribution in [-0.2, 0) is 14.3 Å². The number of carbonyl (C=O) groups is 3. The van der Waals surface area contributed by atoms with Crippen LogP contribution in [0.1, 0.15) is 10.4 Å². The van der Waals surface area contributed by atoms with Crippen molar-refractivity contribution in [2.45, 2.75) is 0 Å². The highest BCUT2D eigenvalue weighted by atomic mass is 19.1. The number of esters is 1. The van der Waals surface area contributed by atoms with Gasteiger partial charge in [0.25, 0.3) is 5.91 Å². The molecule has 0 fully saturated rings. The summed E-state index contributed by atoms with van der Waals surface area (Å²) in [4.78, 5) is 39.1. The van der Waals surface area contributed by atoms with Gasteiger partial charge in [0.05, 0.1) is 12.1 Å². The van der Waals surface area contributed by atoms with Gasteiger partial charge < -0.3 is 19.9 Å². The van der Waals surface area contributed by atoms with Gasteiger partial charge in [-0.05, 0) is 48.5 Å². The molecule has 0 aliphatic carbocycles. The molecule has 0 aliphatic heterocycles. The number of carbonyl (C=O) groups excluding carboxylic acids is 3. The van der Waals surface area contributed by atoms with Crippen LogP contribution in [0.15, 0.2) is 48.5 Å². The minimum Gasteiger partial charge on any atom is -0.452 e. The summed E-state index contributed by atoms with van der Waals surface area (Å²) in [5.74, 6) is -2.01. The van der Waals surface area contributed by atoms with E-state index in [-0.39, 0.29) is 6.54 Å². The molecule has 7 nitrogen and oxygen atoms in total. The first-order valence-electron chi connectivity index (χ1n) is 8.50. The molecule has 0 aliphatic rings. The Morgan fingerprint density at radius 1 is 0.964 bits per heavy atom. The van der Waals surface area contributed by atoms with E-state index in [9.17, 15) is 18.8 Å². The summed E-state index contributed by atoms with van der Waals surface area (Å²) in [7, 11) is 5.19. The van der Waals surface area contributed by atoms with Crippen LogP contribution in [0.2, 0.25) is 0 Å². The number of ether oxygens (including phenoxy) is 1. The summed E-state index contributed by atoms with van der Waals surface area (Å²) < 4.78 is 17.9. The molecule has 0 spiro atoms. The Morgan fingerprint density at radius 3 is 2.14 bits per heavy atom. The largest absolute Gasteiger partial charge is 0.452 e. The second-order valence-corrected chi connectivity index (χ2v) is 6.32. The summed E-state index contributed by atoms with van der Waals surface area (Å²) >= 11 is 0. The second-order valence-electron chi connectivity index (χ2n) is 6.32. The molecule has 1 N–H and O–H groups in total. The van der Waals surface area contributed by atoms with Gasteiger partial charge in [-0.1, -0.05) is 0 Å². The fourth-order valence-corrected chi connectivity index (χ4v) is 2.25. The number of hydrogen-bond donors (Lipinski definition) is 1. The van der Waals surface area contributed by atoms with Crippen molar-refractivity contribution in [3.63, 3.8) is 0 Å². The maximum absolute atomic E-state index is 12.9. The zero-order chi connectivity index (χ0) is 20.7. The Hall–Kier alpha value is -3.42. The van der Waals surface area contributed by atoms with Gasteiger partial charge >= 0.3 is 5.97 Å². The van der Waals surface area contributed by atoms with E-state index in [1.165, 1.54) is 31.3 Å². The first-order valence-corrected chi connectivity index (χ1v) is 8.50. The van der Waals surface area contributed by atoms with Crippen LogP contribution >= 0.6 is 0 Å². The molecule has 2 aromatic carbocycles. The predicted molar refractivity (Wildman–Crippen MR) is 104 cm³/mol. The number of nitrogens with one attached hydrogen (secondary N) is 1. The quantitative estimate of drug-likeness (QED) is 0.737. The van der Waals surface area contributed by atoms with Crippen LogP contribution in [0.4, 0.5) is 15.8 Å². The van der Waals surface area contributed by atoms with Crippen molar-refractivity contribution in [2.75, 3.05) is 44.5 Å². The van der Waals surface area contributed by atoms with Gasteiger partial charge in [0.15, 0.2) is 6.61 Å². The lowest BCUT2D eigenvalue weighted by Gasteiger charge is -2.17. The predicted octanol–water partition coefficient (Wildman–Crippen LogP) is 2.15. The molecule has 2 aromatic rings. The Bertz CT molecular complexity index is 836. The first kappa shape index (κ1) is 20.9. The van der Waals surface area contributed by atoms with E-state index in [0.717, 1.165) is 10.6 Å². The summed E-state index contributed by atoms with van der Waals surface area (Å²) in [5.41, 5.74) is 1.68. The van der Waals surface area contributed by atoms with E-state index < -0.39 is 30.2 Å². The summed E-state index contributed by atoms with van der Waals surface area (Å²) in [6.07, 6.45) is 0. The Kier molecular flexibility index (Phi) is 7.08. The molecular weight excluding hydrogens is 365 g/mol. The summed E-state index contributed by atoms with van der Waals surface area (Å²) in [6, 6.07) is 12.0. The summed E-state index contributed by atoms with van der Waals surface area (Å²) in [5, 5.41) is 2.55. The molecule has 0 atom stereocenters. The van der Waals surface area contributed by atoms with Crippen LogP contribution in [0, 0.1) is 5.82 Å². The topological polar surface area (TPSA) is 79.0 Å². The van der Waals surface area contributed by atoms with Crippen LogP contribution in [0.3, 0.4) is 0 Å². The van der Waals surface area contributed by atoms with Crippen molar-refractivity contribution in [1.29, 1.82) is 0 Å². The third-order valence-electron chi connectivity index (χ3n) is 3.88. The number of halogens is 1. The monoisotopic (exact) mass is 387 g/mol.